The number of unbranched alkanes of at least 4 members (excludes halogenated alkanes) is 18. The Bertz CT molecular complexity index is 364. The van der Waals surface area contributed by atoms with Crippen LogP contribution in [0.3, 0.4) is 0 Å². The van der Waals surface area contributed by atoms with Crippen LogP contribution < -0.4 is 0 Å². The van der Waals surface area contributed by atoms with E-state index in [0.29, 0.717) is 5.57 Å². The second-order valence-electron chi connectivity index (χ2n) is 9.47. The van der Waals surface area contributed by atoms with Gasteiger partial charge in [-0.25, -0.2) is 4.79 Å². The summed E-state index contributed by atoms with van der Waals surface area (Å²) in [5, 5.41) is 9.38. The third-order valence-electron chi connectivity index (χ3n) is 6.58. The van der Waals surface area contributed by atoms with Crippen molar-refractivity contribution in [2.75, 3.05) is 0 Å². The average molecular weight is 423 g/mol. The predicted molar refractivity (Wildman–Crippen MR) is 133 cm³/mol. The van der Waals surface area contributed by atoms with Gasteiger partial charge in [0.05, 0.1) is 0 Å². The highest BCUT2D eigenvalue weighted by atomic mass is 16.4. The maximum Gasteiger partial charge on any atom is 0.331 e. The third-order valence-corrected chi connectivity index (χ3v) is 6.58. The summed E-state index contributed by atoms with van der Waals surface area (Å²) in [6.07, 6.45) is 28.6. The number of hydrogen-bond donors (Lipinski definition) is 1. The minimum absolute atomic E-state index is 0.186. The van der Waals surface area contributed by atoms with E-state index in [1.165, 1.54) is 116 Å². The number of rotatable bonds is 24. The first-order valence-corrected chi connectivity index (χ1v) is 13.6. The van der Waals surface area contributed by atoms with Gasteiger partial charge in [-0.2, -0.15) is 0 Å². The molecule has 0 spiro atoms. The van der Waals surface area contributed by atoms with E-state index in [2.05, 4.69) is 20.4 Å². The molecule has 0 saturated carbocycles. The van der Waals surface area contributed by atoms with Crippen LogP contribution >= 0.6 is 0 Å². The molecule has 2 heteroatoms. The highest BCUT2D eigenvalue weighted by molar-refractivity contribution is 5.86. The summed E-state index contributed by atoms with van der Waals surface area (Å²) in [6, 6.07) is 0. The standard InChI is InChI=1S/C28H54O2/c1-4-6-8-10-12-14-16-18-20-22-24-27(26(3)28(29)30)25-23-21-19-17-15-13-11-9-7-5-2/h27H,3-25H2,1-2H3,(H,29,30). The van der Waals surface area contributed by atoms with Crippen LogP contribution in [0.4, 0.5) is 0 Å². The molecule has 0 fully saturated rings. The minimum atomic E-state index is -0.792. The summed E-state index contributed by atoms with van der Waals surface area (Å²) in [5.41, 5.74) is 0.446. The van der Waals surface area contributed by atoms with Crippen molar-refractivity contribution in [3.8, 4) is 0 Å². The second kappa shape index (κ2) is 22.9. The number of carbonyl (C=O) groups is 1. The molecule has 0 atom stereocenters. The van der Waals surface area contributed by atoms with Gasteiger partial charge in [-0.3, -0.25) is 0 Å². The molecule has 30 heavy (non-hydrogen) atoms. The Balaban J connectivity index is 3.75. The quantitative estimate of drug-likeness (QED) is 0.124. The summed E-state index contributed by atoms with van der Waals surface area (Å²) in [6.45, 7) is 8.42. The number of hydrogen-bond acceptors (Lipinski definition) is 1. The van der Waals surface area contributed by atoms with Crippen molar-refractivity contribution in [1.29, 1.82) is 0 Å². The first kappa shape index (κ1) is 29.2. The largest absolute Gasteiger partial charge is 0.478 e. The van der Waals surface area contributed by atoms with E-state index in [1.807, 2.05) is 0 Å². The zero-order chi connectivity index (χ0) is 22.3. The minimum Gasteiger partial charge on any atom is -0.478 e. The van der Waals surface area contributed by atoms with Crippen LogP contribution in [-0.2, 0) is 4.79 Å². The van der Waals surface area contributed by atoms with Crippen LogP contribution in [0.1, 0.15) is 155 Å². The lowest BCUT2D eigenvalue weighted by Gasteiger charge is -2.17. The zero-order valence-corrected chi connectivity index (χ0v) is 20.7. The first-order valence-electron chi connectivity index (χ1n) is 13.6. The second-order valence-corrected chi connectivity index (χ2v) is 9.47. The van der Waals surface area contributed by atoms with E-state index >= 15 is 0 Å². The first-order chi connectivity index (χ1) is 14.6. The summed E-state index contributed by atoms with van der Waals surface area (Å²) in [5.74, 6) is -0.607. The molecule has 0 rings (SSSR count). The highest BCUT2D eigenvalue weighted by Gasteiger charge is 2.17. The Morgan fingerprint density at radius 3 is 1.10 bits per heavy atom. The van der Waals surface area contributed by atoms with Crippen molar-refractivity contribution in [1.82, 2.24) is 0 Å². The molecule has 178 valence electrons. The van der Waals surface area contributed by atoms with Crippen LogP contribution in [0.5, 0.6) is 0 Å². The molecule has 0 aliphatic heterocycles. The fraction of sp³-hybridized carbons (Fsp3) is 0.893. The van der Waals surface area contributed by atoms with Gasteiger partial charge in [-0.05, 0) is 18.8 Å². The van der Waals surface area contributed by atoms with Gasteiger partial charge in [0.2, 0.25) is 0 Å². The summed E-state index contributed by atoms with van der Waals surface area (Å²) >= 11 is 0. The SMILES string of the molecule is C=C(C(=O)O)C(CCCCCCCCCCCC)CCCCCCCCCCCC. The predicted octanol–water partition coefficient (Wildman–Crippen LogP) is 9.87. The van der Waals surface area contributed by atoms with Gasteiger partial charge in [-0.15, -0.1) is 0 Å². The van der Waals surface area contributed by atoms with E-state index in [0.717, 1.165) is 25.7 Å². The maximum atomic E-state index is 11.4. The molecule has 0 aromatic carbocycles. The molecule has 0 radical (unpaired) electrons. The van der Waals surface area contributed by atoms with Gasteiger partial charge >= 0.3 is 5.97 Å². The van der Waals surface area contributed by atoms with Crippen molar-refractivity contribution in [3.05, 3.63) is 12.2 Å². The average Bonchev–Trinajstić information content (AvgIpc) is 2.74. The van der Waals surface area contributed by atoms with Gasteiger partial charge in [0.25, 0.3) is 0 Å². The van der Waals surface area contributed by atoms with E-state index in [9.17, 15) is 9.90 Å². The summed E-state index contributed by atoms with van der Waals surface area (Å²) in [4.78, 5) is 11.4. The Morgan fingerprint density at radius 1 is 0.567 bits per heavy atom. The molecule has 0 aromatic heterocycles. The van der Waals surface area contributed by atoms with Crippen LogP contribution in [0.2, 0.25) is 0 Å². The number of aliphatic carboxylic acids is 1. The van der Waals surface area contributed by atoms with Gasteiger partial charge < -0.3 is 5.11 Å². The van der Waals surface area contributed by atoms with Crippen molar-refractivity contribution in [2.45, 2.75) is 155 Å². The Morgan fingerprint density at radius 2 is 0.833 bits per heavy atom. The molecule has 0 heterocycles. The molecule has 0 aliphatic rings. The third kappa shape index (κ3) is 19.2. The Kier molecular flexibility index (Phi) is 22.3. The van der Waals surface area contributed by atoms with Gasteiger partial charge in [0.15, 0.2) is 0 Å². The lowest BCUT2D eigenvalue weighted by atomic mass is 9.88. The van der Waals surface area contributed by atoms with Crippen LogP contribution in [0, 0.1) is 5.92 Å². The fourth-order valence-electron chi connectivity index (χ4n) is 4.42. The molecule has 0 bridgehead atoms. The van der Waals surface area contributed by atoms with Crippen molar-refractivity contribution < 1.29 is 9.90 Å². The molecule has 0 aromatic rings. The maximum absolute atomic E-state index is 11.4. The van der Waals surface area contributed by atoms with Gasteiger partial charge in [0.1, 0.15) is 0 Å². The van der Waals surface area contributed by atoms with E-state index in [4.69, 9.17) is 0 Å². The summed E-state index contributed by atoms with van der Waals surface area (Å²) < 4.78 is 0. The topological polar surface area (TPSA) is 37.3 Å². The number of carboxylic acids is 1. The zero-order valence-electron chi connectivity index (χ0n) is 20.7. The number of carboxylic acid groups (broad SMARTS) is 1. The van der Waals surface area contributed by atoms with E-state index in [1.54, 1.807) is 0 Å². The lowest BCUT2D eigenvalue weighted by Crippen LogP contribution is -2.12. The normalized spacial score (nSPS) is 11.3. The molecular weight excluding hydrogens is 368 g/mol. The molecular formula is C28H54O2. The fourth-order valence-corrected chi connectivity index (χ4v) is 4.42. The van der Waals surface area contributed by atoms with Crippen LogP contribution in [0.15, 0.2) is 12.2 Å². The molecule has 0 unspecified atom stereocenters. The van der Waals surface area contributed by atoms with Gasteiger partial charge in [-0.1, -0.05) is 149 Å². The molecule has 1 N–H and O–H groups in total. The lowest BCUT2D eigenvalue weighted by molar-refractivity contribution is -0.133. The monoisotopic (exact) mass is 422 g/mol. The van der Waals surface area contributed by atoms with E-state index < -0.39 is 5.97 Å². The molecule has 0 saturated heterocycles. The van der Waals surface area contributed by atoms with Crippen LogP contribution in [0.25, 0.3) is 0 Å². The highest BCUT2D eigenvalue weighted by Crippen LogP contribution is 2.25. The van der Waals surface area contributed by atoms with E-state index in [-0.39, 0.29) is 5.92 Å². The van der Waals surface area contributed by atoms with Gasteiger partial charge in [0, 0.05) is 5.57 Å². The van der Waals surface area contributed by atoms with Crippen molar-refractivity contribution in [3.63, 3.8) is 0 Å². The molecule has 0 aliphatic carbocycles. The molecule has 0 amide bonds. The molecule has 2 nitrogen and oxygen atoms in total. The smallest absolute Gasteiger partial charge is 0.331 e. The summed E-state index contributed by atoms with van der Waals surface area (Å²) in [7, 11) is 0. The Hall–Kier alpha value is -0.790. The van der Waals surface area contributed by atoms with Crippen molar-refractivity contribution in [2.24, 2.45) is 5.92 Å². The van der Waals surface area contributed by atoms with Crippen molar-refractivity contribution >= 4 is 5.97 Å². The van der Waals surface area contributed by atoms with Crippen LogP contribution in [-0.4, -0.2) is 11.1 Å². The Labute approximate surface area is 189 Å².